The Morgan fingerprint density at radius 1 is 0.418 bits per heavy atom. The van der Waals surface area contributed by atoms with E-state index in [9.17, 15) is 96.8 Å². The number of carbonyl (C=O) groups excluding carboxylic acids is 13. The van der Waals surface area contributed by atoms with Crippen molar-refractivity contribution in [3.63, 3.8) is 0 Å². The van der Waals surface area contributed by atoms with Crippen LogP contribution in [0.2, 0.25) is 0 Å². The average molecular weight is 1390 g/mol. The summed E-state index contributed by atoms with van der Waals surface area (Å²) >= 11 is 0. The molecule has 36 nitrogen and oxygen atoms in total. The average Bonchev–Trinajstić information content (AvgIpc) is 1.60. The lowest BCUT2D eigenvalue weighted by atomic mass is 9.98. The van der Waals surface area contributed by atoms with Gasteiger partial charge < -0.3 is 100 Å². The normalized spacial score (nSPS) is 19.0. The van der Waals surface area contributed by atoms with E-state index >= 15 is 0 Å². The van der Waals surface area contributed by atoms with Crippen molar-refractivity contribution >= 4 is 101 Å². The lowest BCUT2D eigenvalue weighted by Gasteiger charge is -2.33. The van der Waals surface area contributed by atoms with Gasteiger partial charge in [-0.25, -0.2) is 4.79 Å². The molecule has 0 saturated carbocycles. The summed E-state index contributed by atoms with van der Waals surface area (Å²) in [6, 6.07) is -17.7. The maximum atomic E-state index is 14.6. The van der Waals surface area contributed by atoms with Crippen LogP contribution < -0.4 is 65.1 Å². The monoisotopic (exact) mass is 1390 g/mol. The lowest BCUT2D eigenvalue weighted by Crippen LogP contribution is -2.61. The minimum absolute atomic E-state index is 0.0189. The minimum Gasteiger partial charge on any atom is -0.481 e. The van der Waals surface area contributed by atoms with Crippen molar-refractivity contribution in [3.05, 3.63) is 0 Å². The number of rotatable bonds is 41. The van der Waals surface area contributed by atoms with Crippen LogP contribution in [0.3, 0.4) is 0 Å². The van der Waals surface area contributed by atoms with Crippen molar-refractivity contribution in [1.82, 2.24) is 62.6 Å². The summed E-state index contributed by atoms with van der Waals surface area (Å²) in [4.78, 5) is 228. The first-order valence-electron chi connectivity index (χ1n) is 33.2. The molecule has 3 heterocycles. The molecule has 0 spiro atoms. The number of amides is 13. The van der Waals surface area contributed by atoms with Gasteiger partial charge in [0.05, 0.1) is 12.5 Å². The third kappa shape index (κ3) is 26.1. The van der Waals surface area contributed by atoms with Crippen molar-refractivity contribution in [3.8, 4) is 0 Å². The lowest BCUT2D eigenvalue weighted by molar-refractivity contribution is -0.147. The van der Waals surface area contributed by atoms with E-state index in [1.54, 1.807) is 41.5 Å². The molecule has 3 saturated heterocycles. The molecule has 36 heteroatoms. The maximum Gasteiger partial charge on any atom is 0.326 e. The van der Waals surface area contributed by atoms with Crippen molar-refractivity contribution in [2.45, 2.75) is 243 Å². The fourth-order valence-corrected chi connectivity index (χ4v) is 11.5. The molecule has 13 amide bonds. The van der Waals surface area contributed by atoms with Gasteiger partial charge in [0.1, 0.15) is 72.5 Å². The Hall–Kier alpha value is -9.09. The van der Waals surface area contributed by atoms with Crippen molar-refractivity contribution in [2.75, 3.05) is 26.2 Å². The predicted molar refractivity (Wildman–Crippen MR) is 345 cm³/mol. The molecule has 3 fully saturated rings. The fourth-order valence-electron chi connectivity index (χ4n) is 11.5. The molecule has 0 aliphatic carbocycles. The molecule has 13 atom stereocenters. The van der Waals surface area contributed by atoms with Crippen molar-refractivity contribution in [2.24, 2.45) is 35.0 Å². The first kappa shape index (κ1) is 83.1. The third-order valence-corrected chi connectivity index (χ3v) is 17.0. The molecule has 3 rings (SSSR count). The highest BCUT2D eigenvalue weighted by Gasteiger charge is 2.45. The Bertz CT molecular complexity index is 2910. The van der Waals surface area contributed by atoms with E-state index in [4.69, 9.17) is 22.3 Å². The minimum atomic E-state index is -1.92. The zero-order chi connectivity index (χ0) is 74.0. The van der Waals surface area contributed by atoms with Gasteiger partial charge in [0.15, 0.2) is 0 Å². The number of nitrogens with two attached hydrogens (primary N) is 3. The van der Waals surface area contributed by atoms with Crippen LogP contribution in [-0.2, 0) is 81.5 Å². The highest BCUT2D eigenvalue weighted by atomic mass is 16.4. The number of primary amides is 1. The molecule has 0 bridgehead atoms. The van der Waals surface area contributed by atoms with Gasteiger partial charge in [0, 0.05) is 38.9 Å². The number of hydrogen-bond acceptors (Lipinski definition) is 19. The Balaban J connectivity index is 1.76. The molecule has 0 radical (unpaired) electrons. The molecule has 98 heavy (non-hydrogen) atoms. The fraction of sp³-hybridized carbons (Fsp3) is 0.726. The van der Waals surface area contributed by atoms with Crippen LogP contribution in [0.25, 0.3) is 0 Å². The largest absolute Gasteiger partial charge is 0.481 e. The summed E-state index contributed by atoms with van der Waals surface area (Å²) in [5.41, 5.74) is 16.9. The van der Waals surface area contributed by atoms with Gasteiger partial charge in [0.2, 0.25) is 76.8 Å². The summed E-state index contributed by atoms with van der Waals surface area (Å²) in [5, 5.41) is 60.0. The van der Waals surface area contributed by atoms with E-state index in [1.807, 2.05) is 5.32 Å². The summed E-state index contributed by atoms with van der Waals surface area (Å²) in [6.07, 6.45) is -1.45. The number of carbonyl (C=O) groups is 17. The zero-order valence-electron chi connectivity index (χ0n) is 56.9. The van der Waals surface area contributed by atoms with Gasteiger partial charge in [0.25, 0.3) is 0 Å². The van der Waals surface area contributed by atoms with Crippen LogP contribution in [0.15, 0.2) is 0 Å². The van der Waals surface area contributed by atoms with Gasteiger partial charge in [-0.3, -0.25) is 76.7 Å². The smallest absolute Gasteiger partial charge is 0.326 e. The highest BCUT2D eigenvalue weighted by molar-refractivity contribution is 6.00. The first-order chi connectivity index (χ1) is 45.9. The Morgan fingerprint density at radius 3 is 1.34 bits per heavy atom. The molecule has 0 unspecified atom stereocenters. The summed E-state index contributed by atoms with van der Waals surface area (Å²) in [6.45, 7) is 13.0. The third-order valence-electron chi connectivity index (χ3n) is 17.0. The van der Waals surface area contributed by atoms with E-state index in [0.717, 1.165) is 4.90 Å². The van der Waals surface area contributed by atoms with E-state index in [0.29, 0.717) is 19.3 Å². The molecule has 3 aliphatic heterocycles. The molecule has 19 N–H and O–H groups in total. The van der Waals surface area contributed by atoms with Gasteiger partial charge in [-0.2, -0.15) is 0 Å². The number of likely N-dealkylation sites (tertiary alicyclic amines) is 3. The van der Waals surface area contributed by atoms with Crippen LogP contribution in [0.4, 0.5) is 0 Å². The second-order valence-electron chi connectivity index (χ2n) is 26.1. The predicted octanol–water partition coefficient (Wildman–Crippen LogP) is -4.27. The van der Waals surface area contributed by atoms with Crippen LogP contribution in [0.1, 0.15) is 165 Å². The van der Waals surface area contributed by atoms with Crippen molar-refractivity contribution in [1.29, 1.82) is 0 Å². The van der Waals surface area contributed by atoms with Crippen LogP contribution in [0, 0.1) is 17.8 Å². The summed E-state index contributed by atoms with van der Waals surface area (Å²) in [7, 11) is 0. The Morgan fingerprint density at radius 2 is 0.847 bits per heavy atom. The van der Waals surface area contributed by atoms with Gasteiger partial charge in [-0.1, -0.05) is 41.5 Å². The maximum absolute atomic E-state index is 14.6. The summed E-state index contributed by atoms with van der Waals surface area (Å²) < 4.78 is 0. The SMILES string of the molecule is CC(C)C[C@H](NC(=O)[C@@H]1CCCN1C(=O)[C@@H](NC(=O)[C@@H]1CCCN1C(=O)[C@H](CCC(=O)O)NC(=O)[C@H](C)NC(=O)[C@H](C)NC(=O)[C@@H]1CCCN1C(=O)[C@@H](N)CCC(=O)O)C(C)C)C(=O)N[C@H](C(=O)N[C@@H](CCCCN)C(=O)N[C@@H](CCC(N)=O)C(=O)N[C@@H](CC(=O)O)C(=O)O)C(C)C. The second-order valence-corrected chi connectivity index (χ2v) is 26.1. The molecule has 0 aromatic heterocycles. The van der Waals surface area contributed by atoms with Crippen molar-refractivity contribution < 1.29 is 102 Å². The highest BCUT2D eigenvalue weighted by Crippen LogP contribution is 2.25. The summed E-state index contributed by atoms with van der Waals surface area (Å²) in [5.74, 6) is -18.1. The van der Waals surface area contributed by atoms with Crippen LogP contribution in [0.5, 0.6) is 0 Å². The quantitative estimate of drug-likeness (QED) is 0.0258. The molecule has 0 aromatic carbocycles. The van der Waals surface area contributed by atoms with E-state index in [2.05, 4.69) is 42.5 Å². The zero-order valence-corrected chi connectivity index (χ0v) is 56.9. The van der Waals surface area contributed by atoms with Crippen LogP contribution in [-0.4, -0.2) is 241 Å². The molecule has 0 aromatic rings. The van der Waals surface area contributed by atoms with E-state index in [1.165, 1.54) is 23.6 Å². The van der Waals surface area contributed by atoms with Gasteiger partial charge in [-0.05, 0) is 122 Å². The number of carboxylic acids is 4. The second kappa shape index (κ2) is 40.0. The number of nitrogens with zero attached hydrogens (tertiary/aromatic N) is 3. The van der Waals surface area contributed by atoms with Gasteiger partial charge >= 0.3 is 23.9 Å². The molecule has 3 aliphatic rings. The van der Waals surface area contributed by atoms with Gasteiger partial charge in [-0.15, -0.1) is 0 Å². The molecule has 550 valence electrons. The molecular formula is C62H101N15O21. The van der Waals surface area contributed by atoms with Crippen LogP contribution >= 0.6 is 0 Å². The topological polar surface area (TPSA) is 567 Å². The number of unbranched alkanes of at least 4 members (excludes halogenated alkanes) is 1. The standard InChI is InChI=1S/C62H101N15O21/c1-30(2)28-39(54(89)73-48(31(3)4)58(93)69-36(14-9-10-24-63)52(87)68-37(19-21-44(65)78)53(88)72-40(62(97)98)29-47(83)84)71-56(91)42-16-13-27-77(42)61(96)49(32(5)6)74-57(92)43-17-12-26-76(43)60(95)38(20-23-46(81)82)70-51(86)34(8)66-50(85)33(7)67-55(90)41-15-11-25-75(41)59(94)35(64)18-22-45(79)80/h30-43,48-49H,9-29,63-64H2,1-8H3,(H2,65,78)(H,66,85)(H,67,90)(H,68,87)(H,69,93)(H,70,86)(H,71,91)(H,72,88)(H,73,89)(H,74,92)(H,79,80)(H,81,82)(H,83,84)(H,97,98)/t33-,34-,35-,36-,37-,38-,39-,40-,41-,42-,43-,48-,49-/m0/s1. The van der Waals surface area contributed by atoms with E-state index in [-0.39, 0.29) is 89.9 Å². The number of hydrogen-bond donors (Lipinski definition) is 16. The Labute approximate surface area is 567 Å². The Kier molecular flexibility index (Phi) is 33.9. The number of nitrogens with one attached hydrogen (secondary N) is 9. The first-order valence-corrected chi connectivity index (χ1v) is 33.2. The number of carboxylic acid groups (broad SMARTS) is 4. The number of aliphatic carboxylic acids is 4. The van der Waals surface area contributed by atoms with E-state index < -0.39 is 223 Å². The molecular weight excluding hydrogens is 1290 g/mol.